The van der Waals surface area contributed by atoms with Crippen molar-refractivity contribution in [1.29, 1.82) is 0 Å². The molecule has 0 saturated carbocycles. The molecule has 40 heavy (non-hydrogen) atoms. The van der Waals surface area contributed by atoms with Gasteiger partial charge in [-0.2, -0.15) is 16.8 Å². The van der Waals surface area contributed by atoms with Crippen molar-refractivity contribution in [2.24, 2.45) is 0 Å². The van der Waals surface area contributed by atoms with Crippen LogP contribution in [-0.2, 0) is 29.5 Å². The van der Waals surface area contributed by atoms with Crippen molar-refractivity contribution < 1.29 is 35.9 Å². The van der Waals surface area contributed by atoms with Crippen LogP contribution in [0.25, 0.3) is 11.4 Å². The summed E-state index contributed by atoms with van der Waals surface area (Å²) in [5.74, 6) is -2.11. The van der Waals surface area contributed by atoms with Crippen molar-refractivity contribution in [3.8, 4) is 11.4 Å². The quantitative estimate of drug-likeness (QED) is 0.273. The lowest BCUT2D eigenvalue weighted by atomic mass is 10.1. The Morgan fingerprint density at radius 1 is 0.825 bits per heavy atom. The van der Waals surface area contributed by atoms with Crippen molar-refractivity contribution in [3.63, 3.8) is 0 Å². The second-order valence-corrected chi connectivity index (χ2v) is 11.8. The molecular formula is C24H22N6O8S2. The van der Waals surface area contributed by atoms with Gasteiger partial charge in [0, 0.05) is 17.0 Å². The van der Waals surface area contributed by atoms with Gasteiger partial charge in [0.1, 0.15) is 9.79 Å². The maximum Gasteiger partial charge on any atom is 0.340 e. The third-order valence-corrected chi connectivity index (χ3v) is 9.62. The highest BCUT2D eigenvalue weighted by Crippen LogP contribution is 2.32. The van der Waals surface area contributed by atoms with Gasteiger partial charge >= 0.3 is 11.9 Å². The molecule has 4 rings (SSSR count). The van der Waals surface area contributed by atoms with E-state index in [9.17, 15) is 26.4 Å². The van der Waals surface area contributed by atoms with Crippen LogP contribution in [-0.4, -0.2) is 68.1 Å². The summed E-state index contributed by atoms with van der Waals surface area (Å²) in [6, 6.07) is 10.3. The van der Waals surface area contributed by atoms with Crippen LogP contribution in [0.5, 0.6) is 0 Å². The van der Waals surface area contributed by atoms with Gasteiger partial charge in [0.25, 0.3) is 20.0 Å². The number of carbonyl (C=O) groups excluding carboxylic acids is 2. The Balaban J connectivity index is 2.05. The Kier molecular flexibility index (Phi) is 7.66. The number of esters is 2. The Morgan fingerprint density at radius 2 is 1.43 bits per heavy atom. The molecule has 0 amide bonds. The number of hydrogen-bond donors (Lipinski definition) is 0. The molecule has 0 aliphatic carbocycles. The van der Waals surface area contributed by atoms with Crippen LogP contribution >= 0.6 is 0 Å². The summed E-state index contributed by atoms with van der Waals surface area (Å²) in [6.07, 6.45) is 2.01. The van der Waals surface area contributed by atoms with Crippen molar-refractivity contribution >= 4 is 32.0 Å². The number of carbonyl (C=O) groups is 2. The number of ether oxygens (including phenoxy) is 2. The lowest BCUT2D eigenvalue weighted by Crippen LogP contribution is -2.46. The SMILES string of the molecule is COC(=O)c1ccccc1S(=O)(=O)N(n1ccnn1)S(=O)(=O)c1cccc(-c2nc(C)cc(C)n2)c1C(=O)OC. The van der Waals surface area contributed by atoms with Crippen LogP contribution in [0.1, 0.15) is 32.1 Å². The first kappa shape index (κ1) is 28.3. The average molecular weight is 587 g/mol. The van der Waals surface area contributed by atoms with E-state index < -0.39 is 52.9 Å². The van der Waals surface area contributed by atoms with Gasteiger partial charge in [-0.3, -0.25) is 0 Å². The fourth-order valence-electron chi connectivity index (χ4n) is 3.87. The van der Waals surface area contributed by atoms with Crippen LogP contribution in [0, 0.1) is 13.8 Å². The highest BCUT2D eigenvalue weighted by molar-refractivity contribution is 8.09. The Bertz CT molecular complexity index is 1800. The van der Waals surface area contributed by atoms with E-state index >= 15 is 0 Å². The minimum Gasteiger partial charge on any atom is -0.465 e. The van der Waals surface area contributed by atoms with E-state index in [0.717, 1.165) is 44.8 Å². The molecule has 0 spiro atoms. The maximum atomic E-state index is 14.3. The van der Waals surface area contributed by atoms with E-state index in [-0.39, 0.29) is 15.2 Å². The van der Waals surface area contributed by atoms with E-state index in [4.69, 9.17) is 4.74 Å². The molecular weight excluding hydrogens is 564 g/mol. The van der Waals surface area contributed by atoms with Crippen LogP contribution < -0.4 is 3.82 Å². The largest absolute Gasteiger partial charge is 0.465 e. The molecule has 0 aliphatic rings. The first-order valence-corrected chi connectivity index (χ1v) is 14.2. The van der Waals surface area contributed by atoms with Gasteiger partial charge in [-0.05, 0) is 43.3 Å². The predicted molar refractivity (Wildman–Crippen MR) is 139 cm³/mol. The van der Waals surface area contributed by atoms with Gasteiger partial charge in [0.05, 0.1) is 37.7 Å². The highest BCUT2D eigenvalue weighted by Gasteiger charge is 2.42. The third-order valence-electron chi connectivity index (χ3n) is 5.48. The smallest absolute Gasteiger partial charge is 0.340 e. The minimum atomic E-state index is -5.22. The van der Waals surface area contributed by atoms with E-state index in [1.807, 2.05) is 0 Å². The molecule has 0 N–H and O–H groups in total. The second-order valence-electron chi connectivity index (χ2n) is 8.14. The van der Waals surface area contributed by atoms with Crippen molar-refractivity contribution in [3.05, 3.63) is 83.4 Å². The molecule has 14 nitrogen and oxygen atoms in total. The Labute approximate surface area is 229 Å². The summed E-state index contributed by atoms with van der Waals surface area (Å²) in [5, 5.41) is 7.10. The summed E-state index contributed by atoms with van der Waals surface area (Å²) < 4.78 is 66.0. The predicted octanol–water partition coefficient (Wildman–Crippen LogP) is 1.64. The molecule has 0 fully saturated rings. The van der Waals surface area contributed by atoms with Crippen molar-refractivity contribution in [1.82, 2.24) is 25.1 Å². The number of benzene rings is 2. The van der Waals surface area contributed by atoms with Gasteiger partial charge in [-0.1, -0.05) is 28.1 Å². The summed E-state index contributed by atoms with van der Waals surface area (Å²) in [7, 11) is -8.27. The zero-order valence-electron chi connectivity index (χ0n) is 21.5. The Hall–Kier alpha value is -4.70. The van der Waals surface area contributed by atoms with Gasteiger partial charge < -0.3 is 9.47 Å². The van der Waals surface area contributed by atoms with Gasteiger partial charge in [-0.25, -0.2) is 19.6 Å². The fraction of sp³-hybridized carbons (Fsp3) is 0.167. The van der Waals surface area contributed by atoms with E-state index in [1.54, 1.807) is 19.9 Å². The molecule has 16 heteroatoms. The summed E-state index contributed by atoms with van der Waals surface area (Å²) in [6.45, 7) is 3.38. The van der Waals surface area contributed by atoms with E-state index in [1.165, 1.54) is 24.3 Å². The summed E-state index contributed by atoms with van der Waals surface area (Å²) >= 11 is 0. The van der Waals surface area contributed by atoms with Gasteiger partial charge in [-0.15, -0.1) is 9.89 Å². The third kappa shape index (κ3) is 5.01. The number of methoxy groups -OCH3 is 2. The zero-order valence-corrected chi connectivity index (χ0v) is 23.2. The number of sulfonamides is 2. The van der Waals surface area contributed by atoms with Crippen LogP contribution in [0.15, 0.2) is 70.7 Å². The molecule has 0 saturated heterocycles. The first-order chi connectivity index (χ1) is 18.9. The number of aryl methyl sites for hydroxylation is 2. The highest BCUT2D eigenvalue weighted by atomic mass is 32.3. The molecule has 2 aromatic carbocycles. The molecule has 2 aromatic heterocycles. The monoisotopic (exact) mass is 586 g/mol. The molecule has 0 aliphatic heterocycles. The molecule has 208 valence electrons. The molecule has 2 heterocycles. The first-order valence-electron chi connectivity index (χ1n) is 11.3. The van der Waals surface area contributed by atoms with Crippen molar-refractivity contribution in [2.75, 3.05) is 18.0 Å². The Morgan fingerprint density at radius 3 is 2.02 bits per heavy atom. The van der Waals surface area contributed by atoms with Gasteiger partial charge in [0.2, 0.25) is 0 Å². The number of hydrogen-bond acceptors (Lipinski definition) is 12. The lowest BCUT2D eigenvalue weighted by molar-refractivity contribution is 0.0588. The van der Waals surface area contributed by atoms with Gasteiger partial charge in [0.15, 0.2) is 5.82 Å². The fourth-order valence-corrected chi connectivity index (χ4v) is 7.72. The number of aromatic nitrogens is 5. The average Bonchev–Trinajstić information content (AvgIpc) is 3.44. The van der Waals surface area contributed by atoms with Crippen molar-refractivity contribution in [2.45, 2.75) is 23.6 Å². The minimum absolute atomic E-state index is 0.0150. The van der Waals surface area contributed by atoms with E-state index in [0.29, 0.717) is 16.2 Å². The molecule has 0 unspecified atom stereocenters. The molecule has 0 bridgehead atoms. The standard InChI is InChI=1S/C24H22N6O8S2/c1-15-14-16(2)27-22(26-15)18-9-7-11-20(21(18)24(32)38-4)40(35,36)30(29-13-12-25-28-29)39(33,34)19-10-6-5-8-17(19)23(31)37-3/h5-14H,1-4H3. The normalized spacial score (nSPS) is 11.6. The zero-order chi connectivity index (χ0) is 29.2. The summed E-state index contributed by atoms with van der Waals surface area (Å²) in [5.41, 5.74) is 0.105. The second kappa shape index (κ2) is 10.8. The molecule has 4 aromatic rings. The maximum absolute atomic E-state index is 14.3. The van der Waals surface area contributed by atoms with Crippen LogP contribution in [0.4, 0.5) is 0 Å². The summed E-state index contributed by atoms with van der Waals surface area (Å²) in [4.78, 5) is 33.0. The van der Waals surface area contributed by atoms with Crippen LogP contribution in [0.3, 0.4) is 0 Å². The van der Waals surface area contributed by atoms with Crippen LogP contribution in [0.2, 0.25) is 0 Å². The topological polar surface area (TPSA) is 181 Å². The molecule has 0 radical (unpaired) electrons. The number of nitrogens with zero attached hydrogens (tertiary/aromatic N) is 6. The molecule has 0 atom stereocenters. The van der Waals surface area contributed by atoms with E-state index in [2.05, 4.69) is 25.0 Å². The lowest BCUT2D eigenvalue weighted by Gasteiger charge is -2.24. The number of rotatable bonds is 8.